The molecule has 0 saturated carbocycles. The number of piperidine rings is 1. The molecule has 3 aromatic heterocycles. The standard InChI is InChI=1S/C18H20N4O2S/c1-12-9-16-19-14(11-18(24)22(16)20-12)15-6-2-3-7-21(15)17(23)10-13-5-4-8-25-13/h4-5,8-9,11,15,20H,2-3,6-7,10H2,1H3/t15-/m0/s1. The smallest absolute Gasteiger partial charge is 0.272 e. The van der Waals surface area contributed by atoms with Gasteiger partial charge in [0.25, 0.3) is 5.56 Å². The minimum Gasteiger partial charge on any atom is -0.334 e. The number of thiophene rings is 1. The van der Waals surface area contributed by atoms with E-state index >= 15 is 0 Å². The highest BCUT2D eigenvalue weighted by Crippen LogP contribution is 2.30. The van der Waals surface area contributed by atoms with Gasteiger partial charge in [-0.15, -0.1) is 11.3 Å². The zero-order valence-electron chi connectivity index (χ0n) is 14.1. The Balaban J connectivity index is 1.66. The minimum atomic E-state index is -0.135. The number of aromatic amines is 1. The Morgan fingerprint density at radius 3 is 3.08 bits per heavy atom. The summed E-state index contributed by atoms with van der Waals surface area (Å²) in [6, 6.07) is 7.25. The van der Waals surface area contributed by atoms with Gasteiger partial charge in [0.15, 0.2) is 5.65 Å². The van der Waals surface area contributed by atoms with Crippen LogP contribution in [0.25, 0.3) is 5.65 Å². The maximum Gasteiger partial charge on any atom is 0.272 e. The molecular weight excluding hydrogens is 336 g/mol. The van der Waals surface area contributed by atoms with E-state index in [2.05, 4.69) is 10.1 Å². The third-order valence-electron chi connectivity index (χ3n) is 4.67. The number of aromatic nitrogens is 3. The van der Waals surface area contributed by atoms with Crippen LogP contribution in [0.5, 0.6) is 0 Å². The van der Waals surface area contributed by atoms with Gasteiger partial charge in [-0.2, -0.15) is 0 Å². The van der Waals surface area contributed by atoms with Gasteiger partial charge in [0.05, 0.1) is 18.2 Å². The van der Waals surface area contributed by atoms with E-state index in [4.69, 9.17) is 0 Å². The van der Waals surface area contributed by atoms with Crippen molar-refractivity contribution >= 4 is 22.9 Å². The van der Waals surface area contributed by atoms with Gasteiger partial charge < -0.3 is 4.90 Å². The number of carbonyl (C=O) groups is 1. The average molecular weight is 356 g/mol. The van der Waals surface area contributed by atoms with Crippen LogP contribution < -0.4 is 5.56 Å². The van der Waals surface area contributed by atoms with E-state index in [0.717, 1.165) is 36.4 Å². The van der Waals surface area contributed by atoms with Crippen LogP contribution in [-0.4, -0.2) is 31.9 Å². The van der Waals surface area contributed by atoms with Gasteiger partial charge in [-0.25, -0.2) is 9.50 Å². The van der Waals surface area contributed by atoms with Crippen molar-refractivity contribution in [1.29, 1.82) is 0 Å². The van der Waals surface area contributed by atoms with E-state index < -0.39 is 0 Å². The molecule has 0 radical (unpaired) electrons. The maximum atomic E-state index is 12.8. The van der Waals surface area contributed by atoms with Crippen LogP contribution in [0.2, 0.25) is 0 Å². The number of hydrogen-bond acceptors (Lipinski definition) is 4. The molecule has 1 fully saturated rings. The fourth-order valence-electron chi connectivity index (χ4n) is 3.50. The molecule has 4 heterocycles. The Hall–Kier alpha value is -2.41. The van der Waals surface area contributed by atoms with E-state index in [0.29, 0.717) is 17.8 Å². The van der Waals surface area contributed by atoms with Crippen LogP contribution in [-0.2, 0) is 11.2 Å². The van der Waals surface area contributed by atoms with E-state index in [1.165, 1.54) is 4.52 Å². The lowest BCUT2D eigenvalue weighted by molar-refractivity contribution is -0.134. The number of aryl methyl sites for hydroxylation is 1. The lowest BCUT2D eigenvalue weighted by atomic mass is 9.98. The molecule has 3 aromatic rings. The minimum absolute atomic E-state index is 0.111. The van der Waals surface area contributed by atoms with Crippen molar-refractivity contribution in [2.45, 2.75) is 38.6 Å². The topological polar surface area (TPSA) is 70.5 Å². The number of carbonyl (C=O) groups excluding carboxylic acids is 1. The monoisotopic (exact) mass is 356 g/mol. The number of nitrogens with one attached hydrogen (secondary N) is 1. The quantitative estimate of drug-likeness (QED) is 0.784. The second-order valence-corrected chi connectivity index (χ2v) is 7.54. The molecule has 25 heavy (non-hydrogen) atoms. The summed E-state index contributed by atoms with van der Waals surface area (Å²) in [5, 5.41) is 4.97. The molecule has 1 amide bonds. The zero-order chi connectivity index (χ0) is 17.4. The van der Waals surface area contributed by atoms with E-state index in [-0.39, 0.29) is 17.5 Å². The fourth-order valence-corrected chi connectivity index (χ4v) is 4.20. The summed E-state index contributed by atoms with van der Waals surface area (Å²) in [7, 11) is 0. The molecule has 1 atom stereocenters. The molecule has 7 heteroatoms. The van der Waals surface area contributed by atoms with Crippen LogP contribution in [0.4, 0.5) is 0 Å². The molecule has 0 spiro atoms. The van der Waals surface area contributed by atoms with Crippen molar-refractivity contribution in [3.05, 3.63) is 56.3 Å². The largest absolute Gasteiger partial charge is 0.334 e. The summed E-state index contributed by atoms with van der Waals surface area (Å²) < 4.78 is 1.44. The second-order valence-electron chi connectivity index (χ2n) is 6.51. The lowest BCUT2D eigenvalue weighted by Gasteiger charge is -2.35. The van der Waals surface area contributed by atoms with Gasteiger partial charge >= 0.3 is 0 Å². The Labute approximate surface area is 149 Å². The number of hydrogen-bond donors (Lipinski definition) is 1. The van der Waals surface area contributed by atoms with Crippen molar-refractivity contribution in [3.8, 4) is 0 Å². The first kappa shape index (κ1) is 16.1. The summed E-state index contributed by atoms with van der Waals surface area (Å²) in [6.45, 7) is 2.62. The van der Waals surface area contributed by atoms with Crippen LogP contribution in [0.1, 0.15) is 41.6 Å². The van der Waals surface area contributed by atoms with Crippen molar-refractivity contribution in [2.75, 3.05) is 6.54 Å². The molecule has 0 unspecified atom stereocenters. The molecule has 1 aliphatic heterocycles. The van der Waals surface area contributed by atoms with Crippen LogP contribution in [0, 0.1) is 6.92 Å². The molecule has 0 aliphatic carbocycles. The molecular formula is C18H20N4O2S. The Morgan fingerprint density at radius 2 is 2.28 bits per heavy atom. The summed E-state index contributed by atoms with van der Waals surface area (Å²) in [5.74, 6) is 0.111. The SMILES string of the molecule is Cc1cc2nc([C@@H]3CCCCN3C(=O)Cc3cccs3)cc(=O)n2[nH]1. The summed E-state index contributed by atoms with van der Waals surface area (Å²) in [4.78, 5) is 32.8. The number of amides is 1. The highest BCUT2D eigenvalue weighted by molar-refractivity contribution is 7.10. The van der Waals surface area contributed by atoms with Crippen molar-refractivity contribution in [3.63, 3.8) is 0 Å². The Bertz CT molecular complexity index is 957. The van der Waals surface area contributed by atoms with Gasteiger partial charge in [-0.1, -0.05) is 6.07 Å². The molecule has 130 valence electrons. The summed E-state index contributed by atoms with van der Waals surface area (Å²) in [6.07, 6.45) is 3.30. The highest BCUT2D eigenvalue weighted by atomic mass is 32.1. The Kier molecular flexibility index (Phi) is 4.17. The third-order valence-corrected chi connectivity index (χ3v) is 5.54. The van der Waals surface area contributed by atoms with Gasteiger partial charge in [0, 0.05) is 29.2 Å². The first-order valence-corrected chi connectivity index (χ1v) is 9.41. The predicted octanol–water partition coefficient (Wildman–Crippen LogP) is 2.69. The number of likely N-dealkylation sites (tertiary alicyclic amines) is 1. The lowest BCUT2D eigenvalue weighted by Crippen LogP contribution is -2.40. The van der Waals surface area contributed by atoms with Crippen LogP contribution in [0.3, 0.4) is 0 Å². The second kappa shape index (κ2) is 6.48. The average Bonchev–Trinajstić information content (AvgIpc) is 3.23. The Morgan fingerprint density at radius 1 is 1.40 bits per heavy atom. The number of fused-ring (bicyclic) bond motifs is 1. The number of nitrogens with zero attached hydrogens (tertiary/aromatic N) is 3. The summed E-state index contributed by atoms with van der Waals surface area (Å²) >= 11 is 1.60. The molecule has 1 saturated heterocycles. The molecule has 4 rings (SSSR count). The normalized spacial score (nSPS) is 18.0. The first-order valence-electron chi connectivity index (χ1n) is 8.53. The molecule has 6 nitrogen and oxygen atoms in total. The van der Waals surface area contributed by atoms with E-state index in [1.54, 1.807) is 17.4 Å². The van der Waals surface area contributed by atoms with Gasteiger partial charge in [0.1, 0.15) is 0 Å². The fraction of sp³-hybridized carbons (Fsp3) is 0.389. The highest BCUT2D eigenvalue weighted by Gasteiger charge is 2.29. The molecule has 0 aromatic carbocycles. The van der Waals surface area contributed by atoms with Gasteiger partial charge in [-0.05, 0) is 37.6 Å². The van der Waals surface area contributed by atoms with Gasteiger partial charge in [0.2, 0.25) is 5.91 Å². The van der Waals surface area contributed by atoms with E-state index in [1.807, 2.05) is 35.4 Å². The van der Waals surface area contributed by atoms with Crippen LogP contribution in [0.15, 0.2) is 34.4 Å². The zero-order valence-corrected chi connectivity index (χ0v) is 14.9. The predicted molar refractivity (Wildman–Crippen MR) is 96.9 cm³/mol. The van der Waals surface area contributed by atoms with Crippen molar-refractivity contribution in [1.82, 2.24) is 19.5 Å². The van der Waals surface area contributed by atoms with Crippen molar-refractivity contribution in [2.24, 2.45) is 0 Å². The molecule has 1 aliphatic rings. The number of rotatable bonds is 3. The number of H-pyrrole nitrogens is 1. The molecule has 1 N–H and O–H groups in total. The van der Waals surface area contributed by atoms with Gasteiger partial charge in [-0.3, -0.25) is 14.7 Å². The first-order chi connectivity index (χ1) is 12.1. The summed E-state index contributed by atoms with van der Waals surface area (Å²) in [5.41, 5.74) is 2.06. The molecule has 0 bridgehead atoms. The third kappa shape index (κ3) is 3.11. The van der Waals surface area contributed by atoms with Crippen LogP contribution >= 0.6 is 11.3 Å². The maximum absolute atomic E-state index is 12.8. The van der Waals surface area contributed by atoms with Crippen molar-refractivity contribution < 1.29 is 4.79 Å². The van der Waals surface area contributed by atoms with E-state index in [9.17, 15) is 9.59 Å².